The Balaban J connectivity index is 1.95. The smallest absolute Gasteiger partial charge is 0.189 e. The van der Waals surface area contributed by atoms with E-state index in [0.29, 0.717) is 0 Å². The number of Topliss-reactive ketones (excluding diaryl/α,β-unsaturated/α-hetero) is 1. The number of hydrogen-bond donors (Lipinski definition) is 0. The number of methoxy groups -OCH3 is 1. The lowest BCUT2D eigenvalue weighted by Crippen LogP contribution is -2.14. The van der Waals surface area contributed by atoms with Gasteiger partial charge in [-0.25, -0.2) is 0 Å². The number of benzene rings is 2. The van der Waals surface area contributed by atoms with Gasteiger partial charge in [0.25, 0.3) is 0 Å². The average molecular weight is 264 g/mol. The van der Waals surface area contributed by atoms with Gasteiger partial charge in [0.05, 0.1) is 7.11 Å². The summed E-state index contributed by atoms with van der Waals surface area (Å²) in [5.41, 5.74) is 3.85. The van der Waals surface area contributed by atoms with Gasteiger partial charge in [-0.05, 0) is 48.2 Å². The molecule has 3 rings (SSSR count). The van der Waals surface area contributed by atoms with Crippen LogP contribution in [0.2, 0.25) is 0 Å². The zero-order chi connectivity index (χ0) is 13.9. The Morgan fingerprint density at radius 3 is 2.60 bits per heavy atom. The van der Waals surface area contributed by atoms with Gasteiger partial charge in [0.2, 0.25) is 0 Å². The minimum Gasteiger partial charge on any atom is -0.497 e. The first-order valence-electron chi connectivity index (χ1n) is 6.75. The SMILES string of the molecule is COc1ccc2c(c1)CCC(=Cc1ccccc1)C2=O. The molecule has 2 aromatic rings. The molecule has 0 saturated carbocycles. The van der Waals surface area contributed by atoms with Gasteiger partial charge in [-0.1, -0.05) is 30.3 Å². The first kappa shape index (κ1) is 12.7. The summed E-state index contributed by atoms with van der Waals surface area (Å²) in [5.74, 6) is 0.949. The largest absolute Gasteiger partial charge is 0.497 e. The molecule has 0 atom stereocenters. The van der Waals surface area contributed by atoms with E-state index in [1.807, 2.05) is 54.6 Å². The molecule has 1 aliphatic carbocycles. The first-order valence-corrected chi connectivity index (χ1v) is 6.75. The van der Waals surface area contributed by atoms with Crippen LogP contribution in [0.1, 0.15) is 27.9 Å². The molecule has 0 fully saturated rings. The van der Waals surface area contributed by atoms with E-state index in [1.54, 1.807) is 7.11 Å². The Bertz CT molecular complexity index is 669. The van der Waals surface area contributed by atoms with Crippen molar-refractivity contribution in [2.45, 2.75) is 12.8 Å². The fraction of sp³-hybridized carbons (Fsp3) is 0.167. The highest BCUT2D eigenvalue weighted by molar-refractivity contribution is 6.13. The van der Waals surface area contributed by atoms with Gasteiger partial charge in [0.15, 0.2) is 5.78 Å². The molecular formula is C18H16O2. The number of fused-ring (bicyclic) bond motifs is 1. The molecule has 0 unspecified atom stereocenters. The molecule has 0 spiro atoms. The molecular weight excluding hydrogens is 248 g/mol. The second-order valence-electron chi connectivity index (χ2n) is 4.93. The van der Waals surface area contributed by atoms with Crippen LogP contribution in [0.4, 0.5) is 0 Å². The van der Waals surface area contributed by atoms with Crippen molar-refractivity contribution in [3.8, 4) is 5.75 Å². The Morgan fingerprint density at radius 1 is 1.05 bits per heavy atom. The summed E-state index contributed by atoms with van der Waals surface area (Å²) in [5, 5.41) is 0. The standard InChI is InChI=1S/C18H16O2/c1-20-16-9-10-17-14(12-16)7-8-15(18(17)19)11-13-5-3-2-4-6-13/h2-6,9-12H,7-8H2,1H3. The highest BCUT2D eigenvalue weighted by Gasteiger charge is 2.22. The number of carbonyl (C=O) groups is 1. The molecule has 0 aromatic heterocycles. The van der Waals surface area contributed by atoms with E-state index in [2.05, 4.69) is 0 Å². The Morgan fingerprint density at radius 2 is 1.85 bits per heavy atom. The molecule has 100 valence electrons. The van der Waals surface area contributed by atoms with Gasteiger partial charge in [0.1, 0.15) is 5.75 Å². The van der Waals surface area contributed by atoms with Crippen LogP contribution < -0.4 is 4.74 Å². The number of aryl methyl sites for hydroxylation is 1. The van der Waals surface area contributed by atoms with Crippen LogP contribution in [0.3, 0.4) is 0 Å². The molecule has 0 radical (unpaired) electrons. The van der Waals surface area contributed by atoms with Crippen molar-refractivity contribution in [1.82, 2.24) is 0 Å². The van der Waals surface area contributed by atoms with Crippen LogP contribution in [-0.4, -0.2) is 12.9 Å². The lowest BCUT2D eigenvalue weighted by atomic mass is 9.86. The number of carbonyl (C=O) groups excluding carboxylic acids is 1. The average Bonchev–Trinajstić information content (AvgIpc) is 2.51. The molecule has 0 saturated heterocycles. The second kappa shape index (κ2) is 5.33. The summed E-state index contributed by atoms with van der Waals surface area (Å²) in [7, 11) is 1.65. The summed E-state index contributed by atoms with van der Waals surface area (Å²) in [6.45, 7) is 0. The Hall–Kier alpha value is -2.35. The maximum absolute atomic E-state index is 12.5. The maximum atomic E-state index is 12.5. The van der Waals surface area contributed by atoms with Gasteiger partial charge in [-0.2, -0.15) is 0 Å². The van der Waals surface area contributed by atoms with Gasteiger partial charge < -0.3 is 4.74 Å². The van der Waals surface area contributed by atoms with Crippen LogP contribution in [0, 0.1) is 0 Å². The zero-order valence-corrected chi connectivity index (χ0v) is 11.4. The number of hydrogen-bond acceptors (Lipinski definition) is 2. The molecule has 2 aromatic carbocycles. The fourth-order valence-electron chi connectivity index (χ4n) is 2.57. The van der Waals surface area contributed by atoms with Crippen molar-refractivity contribution >= 4 is 11.9 Å². The van der Waals surface area contributed by atoms with Crippen molar-refractivity contribution in [2.75, 3.05) is 7.11 Å². The summed E-state index contributed by atoms with van der Waals surface area (Å²) in [4.78, 5) is 12.5. The molecule has 1 aliphatic rings. The molecule has 2 nitrogen and oxygen atoms in total. The Labute approximate surface area is 118 Å². The summed E-state index contributed by atoms with van der Waals surface area (Å²) in [6, 6.07) is 15.7. The third-order valence-corrected chi connectivity index (χ3v) is 3.65. The molecule has 0 amide bonds. The monoisotopic (exact) mass is 264 g/mol. The number of rotatable bonds is 2. The van der Waals surface area contributed by atoms with E-state index in [1.165, 1.54) is 0 Å². The maximum Gasteiger partial charge on any atom is 0.189 e. The predicted molar refractivity (Wildman–Crippen MR) is 80.1 cm³/mol. The number of allylic oxidation sites excluding steroid dienone is 1. The van der Waals surface area contributed by atoms with E-state index in [-0.39, 0.29) is 5.78 Å². The van der Waals surface area contributed by atoms with Crippen molar-refractivity contribution in [2.24, 2.45) is 0 Å². The molecule has 0 aliphatic heterocycles. The van der Waals surface area contributed by atoms with Crippen LogP contribution in [0.25, 0.3) is 6.08 Å². The van der Waals surface area contributed by atoms with E-state index < -0.39 is 0 Å². The van der Waals surface area contributed by atoms with Crippen LogP contribution in [-0.2, 0) is 6.42 Å². The quantitative estimate of drug-likeness (QED) is 0.769. The van der Waals surface area contributed by atoms with Crippen LogP contribution in [0.5, 0.6) is 5.75 Å². The van der Waals surface area contributed by atoms with Gasteiger partial charge >= 0.3 is 0 Å². The van der Waals surface area contributed by atoms with E-state index in [4.69, 9.17) is 4.74 Å². The van der Waals surface area contributed by atoms with Gasteiger partial charge in [0, 0.05) is 11.1 Å². The predicted octanol–water partition coefficient (Wildman–Crippen LogP) is 3.91. The number of ketones is 1. The first-order chi connectivity index (χ1) is 9.78. The minimum atomic E-state index is 0.137. The summed E-state index contributed by atoms with van der Waals surface area (Å²) < 4.78 is 5.21. The highest BCUT2D eigenvalue weighted by atomic mass is 16.5. The lowest BCUT2D eigenvalue weighted by molar-refractivity contribution is 0.102. The summed E-state index contributed by atoms with van der Waals surface area (Å²) in [6.07, 6.45) is 3.67. The van der Waals surface area contributed by atoms with Crippen molar-refractivity contribution in [3.05, 3.63) is 70.8 Å². The molecule has 0 bridgehead atoms. The van der Waals surface area contributed by atoms with Crippen LogP contribution >= 0.6 is 0 Å². The van der Waals surface area contributed by atoms with Crippen molar-refractivity contribution in [3.63, 3.8) is 0 Å². The van der Waals surface area contributed by atoms with E-state index in [0.717, 1.165) is 40.9 Å². The Kier molecular flexibility index (Phi) is 3.38. The van der Waals surface area contributed by atoms with Crippen molar-refractivity contribution < 1.29 is 9.53 Å². The highest BCUT2D eigenvalue weighted by Crippen LogP contribution is 2.29. The third-order valence-electron chi connectivity index (χ3n) is 3.65. The molecule has 0 heterocycles. The zero-order valence-electron chi connectivity index (χ0n) is 11.4. The molecule has 20 heavy (non-hydrogen) atoms. The summed E-state index contributed by atoms with van der Waals surface area (Å²) >= 11 is 0. The normalized spacial score (nSPS) is 16.1. The van der Waals surface area contributed by atoms with E-state index in [9.17, 15) is 4.79 Å². The topological polar surface area (TPSA) is 26.3 Å². The van der Waals surface area contributed by atoms with Crippen molar-refractivity contribution in [1.29, 1.82) is 0 Å². The minimum absolute atomic E-state index is 0.137. The molecule has 2 heteroatoms. The molecule has 0 N–H and O–H groups in total. The number of ether oxygens (including phenoxy) is 1. The third kappa shape index (κ3) is 2.37. The lowest BCUT2D eigenvalue weighted by Gasteiger charge is -2.18. The van der Waals surface area contributed by atoms with E-state index >= 15 is 0 Å². The van der Waals surface area contributed by atoms with Crippen LogP contribution in [0.15, 0.2) is 54.1 Å². The van der Waals surface area contributed by atoms with Gasteiger partial charge in [-0.3, -0.25) is 4.79 Å². The fourth-order valence-corrected chi connectivity index (χ4v) is 2.57. The van der Waals surface area contributed by atoms with Gasteiger partial charge in [-0.15, -0.1) is 0 Å². The second-order valence-corrected chi connectivity index (χ2v) is 4.93.